The van der Waals surface area contributed by atoms with Crippen molar-refractivity contribution in [2.75, 3.05) is 26.2 Å². The van der Waals surface area contributed by atoms with Crippen LogP contribution in [0.3, 0.4) is 0 Å². The number of carboxylic acids is 1. The van der Waals surface area contributed by atoms with Crippen LogP contribution in [0.15, 0.2) is 24.8 Å². The van der Waals surface area contributed by atoms with Crippen molar-refractivity contribution in [3.63, 3.8) is 0 Å². The Hall–Kier alpha value is -2.68. The van der Waals surface area contributed by atoms with E-state index in [4.69, 9.17) is 5.11 Å². The monoisotopic (exact) mass is 346 g/mol. The molecule has 1 saturated heterocycles. The molecule has 3 rings (SSSR count). The van der Waals surface area contributed by atoms with Crippen LogP contribution in [-0.4, -0.2) is 72.5 Å². The van der Waals surface area contributed by atoms with E-state index >= 15 is 0 Å². The number of carbonyl (C=O) groups is 2. The number of aromatic nitrogens is 4. The first-order chi connectivity index (χ1) is 11.9. The summed E-state index contributed by atoms with van der Waals surface area (Å²) < 4.78 is 3.08. The molecular formula is C16H22N6O3. The summed E-state index contributed by atoms with van der Waals surface area (Å²) >= 11 is 0. The van der Waals surface area contributed by atoms with Crippen molar-refractivity contribution in [3.05, 3.63) is 35.9 Å². The van der Waals surface area contributed by atoms with Crippen molar-refractivity contribution in [3.8, 4) is 0 Å². The quantitative estimate of drug-likeness (QED) is 0.832. The number of nitrogens with zero attached hydrogens (tertiary/aromatic N) is 6. The minimum absolute atomic E-state index is 0.107. The maximum absolute atomic E-state index is 12.6. The molecule has 1 N–H and O–H groups in total. The highest BCUT2D eigenvalue weighted by atomic mass is 16.4. The molecule has 2 aromatic heterocycles. The van der Waals surface area contributed by atoms with Crippen LogP contribution in [0.25, 0.3) is 0 Å². The molecule has 0 radical (unpaired) electrons. The van der Waals surface area contributed by atoms with Gasteiger partial charge in [-0.3, -0.25) is 19.1 Å². The summed E-state index contributed by atoms with van der Waals surface area (Å²) in [6.07, 6.45) is 6.79. The minimum Gasteiger partial charge on any atom is -0.480 e. The Kier molecular flexibility index (Phi) is 4.84. The van der Waals surface area contributed by atoms with Gasteiger partial charge in [-0.15, -0.1) is 0 Å². The first kappa shape index (κ1) is 17.2. The van der Waals surface area contributed by atoms with Gasteiger partial charge in [0.15, 0.2) is 0 Å². The Labute approximate surface area is 145 Å². The number of hydrogen-bond donors (Lipinski definition) is 1. The second-order valence-electron chi connectivity index (χ2n) is 6.31. The smallest absolute Gasteiger partial charge is 0.328 e. The molecule has 1 aliphatic heterocycles. The van der Waals surface area contributed by atoms with Gasteiger partial charge in [0.1, 0.15) is 6.04 Å². The molecule has 0 aromatic carbocycles. The van der Waals surface area contributed by atoms with E-state index in [9.17, 15) is 9.59 Å². The van der Waals surface area contributed by atoms with E-state index in [-0.39, 0.29) is 5.91 Å². The van der Waals surface area contributed by atoms with Crippen LogP contribution in [0.4, 0.5) is 0 Å². The standard InChI is InChI=1S/C16H22N6O3/c1-12(16(24)25)22-11-14(8-18-22)15(23)21-5-3-20(4-6-21)10-13-7-17-19(2)9-13/h7-9,11-12H,3-6,10H2,1-2H3,(H,24,25). The van der Waals surface area contributed by atoms with E-state index in [1.807, 2.05) is 19.4 Å². The molecule has 0 saturated carbocycles. The summed E-state index contributed by atoms with van der Waals surface area (Å²) in [5.41, 5.74) is 1.58. The number of piperazine rings is 1. The van der Waals surface area contributed by atoms with Crippen LogP contribution < -0.4 is 0 Å². The summed E-state index contributed by atoms with van der Waals surface area (Å²) in [4.78, 5) is 27.6. The van der Waals surface area contributed by atoms with Gasteiger partial charge in [0, 0.05) is 57.7 Å². The summed E-state index contributed by atoms with van der Waals surface area (Å²) in [5, 5.41) is 17.2. The molecule has 1 fully saturated rings. The second-order valence-corrected chi connectivity index (χ2v) is 6.31. The lowest BCUT2D eigenvalue weighted by Crippen LogP contribution is -2.48. The third-order valence-corrected chi connectivity index (χ3v) is 4.43. The number of hydrogen-bond acceptors (Lipinski definition) is 5. The van der Waals surface area contributed by atoms with Gasteiger partial charge in [-0.05, 0) is 6.92 Å². The lowest BCUT2D eigenvalue weighted by Gasteiger charge is -2.34. The van der Waals surface area contributed by atoms with Gasteiger partial charge >= 0.3 is 5.97 Å². The van der Waals surface area contributed by atoms with Crippen molar-refractivity contribution in [1.29, 1.82) is 0 Å². The van der Waals surface area contributed by atoms with Crippen LogP contribution >= 0.6 is 0 Å². The molecular weight excluding hydrogens is 324 g/mol. The fraction of sp³-hybridized carbons (Fsp3) is 0.500. The summed E-state index contributed by atoms with van der Waals surface area (Å²) in [6, 6.07) is -0.794. The van der Waals surface area contributed by atoms with Crippen molar-refractivity contribution in [2.24, 2.45) is 7.05 Å². The van der Waals surface area contributed by atoms with Gasteiger partial charge in [-0.25, -0.2) is 4.79 Å². The maximum atomic E-state index is 12.6. The van der Waals surface area contributed by atoms with Crippen molar-refractivity contribution < 1.29 is 14.7 Å². The van der Waals surface area contributed by atoms with E-state index in [2.05, 4.69) is 15.1 Å². The zero-order valence-corrected chi connectivity index (χ0v) is 14.4. The first-order valence-corrected chi connectivity index (χ1v) is 8.20. The van der Waals surface area contributed by atoms with Crippen LogP contribution in [0.1, 0.15) is 28.9 Å². The molecule has 1 atom stereocenters. The number of aryl methyl sites for hydroxylation is 1. The van der Waals surface area contributed by atoms with Gasteiger partial charge in [0.25, 0.3) is 5.91 Å². The predicted molar refractivity (Wildman–Crippen MR) is 89.0 cm³/mol. The molecule has 9 heteroatoms. The van der Waals surface area contributed by atoms with Crippen molar-refractivity contribution in [1.82, 2.24) is 29.4 Å². The van der Waals surface area contributed by atoms with E-state index in [0.29, 0.717) is 18.7 Å². The minimum atomic E-state index is -0.980. The van der Waals surface area contributed by atoms with E-state index in [0.717, 1.165) is 25.2 Å². The summed E-state index contributed by atoms with van der Waals surface area (Å²) in [6.45, 7) is 5.21. The first-order valence-electron chi connectivity index (χ1n) is 8.20. The third kappa shape index (κ3) is 3.87. The van der Waals surface area contributed by atoms with Gasteiger partial charge in [0.2, 0.25) is 0 Å². The van der Waals surface area contributed by atoms with Gasteiger partial charge < -0.3 is 10.0 Å². The maximum Gasteiger partial charge on any atom is 0.328 e. The molecule has 3 heterocycles. The van der Waals surface area contributed by atoms with Gasteiger partial charge in [0.05, 0.1) is 18.0 Å². The topological polar surface area (TPSA) is 96.5 Å². The Bertz CT molecular complexity index is 760. The second kappa shape index (κ2) is 7.06. The molecule has 1 unspecified atom stereocenters. The summed E-state index contributed by atoms with van der Waals surface area (Å²) in [7, 11) is 1.89. The Morgan fingerprint density at radius 2 is 1.88 bits per heavy atom. The largest absolute Gasteiger partial charge is 0.480 e. The number of carboxylic acid groups (broad SMARTS) is 1. The van der Waals surface area contributed by atoms with Gasteiger partial charge in [-0.1, -0.05) is 0 Å². The van der Waals surface area contributed by atoms with E-state index in [1.165, 1.54) is 24.0 Å². The lowest BCUT2D eigenvalue weighted by molar-refractivity contribution is -0.140. The predicted octanol–water partition coefficient (Wildman–Crippen LogP) is 0.220. The van der Waals surface area contributed by atoms with Crippen LogP contribution in [-0.2, 0) is 18.4 Å². The van der Waals surface area contributed by atoms with Gasteiger partial charge in [-0.2, -0.15) is 10.2 Å². The highest BCUT2D eigenvalue weighted by Crippen LogP contribution is 2.13. The normalized spacial score (nSPS) is 16.8. The van der Waals surface area contributed by atoms with Crippen molar-refractivity contribution in [2.45, 2.75) is 19.5 Å². The van der Waals surface area contributed by atoms with E-state index < -0.39 is 12.0 Å². The van der Waals surface area contributed by atoms with Crippen LogP contribution in [0.2, 0.25) is 0 Å². The number of amides is 1. The Morgan fingerprint density at radius 3 is 2.48 bits per heavy atom. The van der Waals surface area contributed by atoms with Crippen molar-refractivity contribution >= 4 is 11.9 Å². The average molecular weight is 346 g/mol. The Balaban J connectivity index is 1.55. The van der Waals surface area contributed by atoms with E-state index in [1.54, 1.807) is 9.58 Å². The molecule has 1 amide bonds. The zero-order chi connectivity index (χ0) is 18.0. The summed E-state index contributed by atoms with van der Waals surface area (Å²) in [5.74, 6) is -1.09. The molecule has 2 aromatic rings. The number of aliphatic carboxylic acids is 1. The molecule has 0 bridgehead atoms. The van der Waals surface area contributed by atoms with Crippen LogP contribution in [0.5, 0.6) is 0 Å². The number of carbonyl (C=O) groups excluding carboxylic acids is 1. The molecule has 134 valence electrons. The highest BCUT2D eigenvalue weighted by molar-refractivity contribution is 5.93. The molecule has 1 aliphatic rings. The molecule has 9 nitrogen and oxygen atoms in total. The SMILES string of the molecule is CC(C(=O)O)n1cc(C(=O)N2CCN(Cc3cnn(C)c3)CC2)cn1. The zero-order valence-electron chi connectivity index (χ0n) is 14.4. The lowest BCUT2D eigenvalue weighted by atomic mass is 10.2. The number of rotatable bonds is 5. The average Bonchev–Trinajstić information content (AvgIpc) is 3.23. The van der Waals surface area contributed by atoms with Crippen LogP contribution in [0, 0.1) is 0 Å². The fourth-order valence-electron chi connectivity index (χ4n) is 2.88. The molecule has 25 heavy (non-hydrogen) atoms. The highest BCUT2D eigenvalue weighted by Gasteiger charge is 2.24. The molecule has 0 spiro atoms. The molecule has 0 aliphatic carbocycles. The third-order valence-electron chi connectivity index (χ3n) is 4.43. The fourth-order valence-corrected chi connectivity index (χ4v) is 2.88. The Morgan fingerprint density at radius 1 is 1.16 bits per heavy atom.